The zero-order valence-corrected chi connectivity index (χ0v) is 13.6. The number of nitro benzene ring substituents is 1. The largest absolute Gasteiger partial charge is 0.370 e. The minimum Gasteiger partial charge on any atom is -0.370 e. The standard InChI is InChI=1S/C17H17N5O3/c18-10-13-9-14(22(23)24)3-4-15(13)21-7-5-11(6-8-21)16-19-17(25-20-16)12-1-2-12/h3-4,9,11-12H,1-2,5-8H2. The second-order valence-electron chi connectivity index (χ2n) is 6.60. The lowest BCUT2D eigenvalue weighted by molar-refractivity contribution is -0.384. The van der Waals surface area contributed by atoms with Gasteiger partial charge in [0.15, 0.2) is 5.82 Å². The molecule has 8 nitrogen and oxygen atoms in total. The summed E-state index contributed by atoms with van der Waals surface area (Å²) in [4.78, 5) is 17.0. The fourth-order valence-electron chi connectivity index (χ4n) is 3.29. The van der Waals surface area contributed by atoms with E-state index in [9.17, 15) is 15.4 Å². The Hall–Kier alpha value is -2.95. The molecule has 0 bridgehead atoms. The molecular weight excluding hydrogens is 322 g/mol. The maximum atomic E-state index is 10.9. The molecule has 4 rings (SSSR count). The van der Waals surface area contributed by atoms with Crippen LogP contribution < -0.4 is 4.90 Å². The smallest absolute Gasteiger partial charge is 0.270 e. The van der Waals surface area contributed by atoms with E-state index in [2.05, 4.69) is 21.1 Å². The summed E-state index contributed by atoms with van der Waals surface area (Å²) in [7, 11) is 0. The molecule has 0 radical (unpaired) electrons. The summed E-state index contributed by atoms with van der Waals surface area (Å²) in [6, 6.07) is 6.51. The number of rotatable bonds is 4. The number of piperidine rings is 1. The van der Waals surface area contributed by atoms with Crippen molar-refractivity contribution in [1.82, 2.24) is 10.1 Å². The Kier molecular flexibility index (Phi) is 3.84. The van der Waals surface area contributed by atoms with Gasteiger partial charge in [-0.2, -0.15) is 10.2 Å². The molecule has 128 valence electrons. The van der Waals surface area contributed by atoms with E-state index in [1.165, 1.54) is 12.1 Å². The van der Waals surface area contributed by atoms with Crippen LogP contribution in [0.15, 0.2) is 22.7 Å². The summed E-state index contributed by atoms with van der Waals surface area (Å²) >= 11 is 0. The topological polar surface area (TPSA) is 109 Å². The van der Waals surface area contributed by atoms with Gasteiger partial charge in [-0.15, -0.1) is 0 Å². The molecule has 0 atom stereocenters. The number of hydrogen-bond acceptors (Lipinski definition) is 7. The predicted octanol–water partition coefficient (Wildman–Crippen LogP) is 3.11. The predicted molar refractivity (Wildman–Crippen MR) is 88.3 cm³/mol. The molecule has 1 saturated heterocycles. The Balaban J connectivity index is 1.46. The molecule has 0 amide bonds. The number of nitrogens with zero attached hydrogens (tertiary/aromatic N) is 5. The van der Waals surface area contributed by atoms with Gasteiger partial charge in [0.25, 0.3) is 5.69 Å². The highest BCUT2D eigenvalue weighted by molar-refractivity contribution is 5.63. The van der Waals surface area contributed by atoms with Gasteiger partial charge >= 0.3 is 0 Å². The number of non-ortho nitro benzene ring substituents is 1. The second-order valence-corrected chi connectivity index (χ2v) is 6.60. The minimum atomic E-state index is -0.482. The van der Waals surface area contributed by atoms with Crippen molar-refractivity contribution in [2.24, 2.45) is 0 Å². The first-order chi connectivity index (χ1) is 12.2. The Morgan fingerprint density at radius 3 is 2.64 bits per heavy atom. The Bertz CT molecular complexity index is 844. The molecule has 2 aromatic rings. The van der Waals surface area contributed by atoms with Gasteiger partial charge in [0.1, 0.15) is 6.07 Å². The number of nitro groups is 1. The fraction of sp³-hybridized carbons (Fsp3) is 0.471. The van der Waals surface area contributed by atoms with Crippen molar-refractivity contribution >= 4 is 11.4 Å². The molecule has 8 heteroatoms. The van der Waals surface area contributed by atoms with E-state index in [-0.39, 0.29) is 11.6 Å². The van der Waals surface area contributed by atoms with Crippen molar-refractivity contribution in [2.75, 3.05) is 18.0 Å². The van der Waals surface area contributed by atoms with Crippen LogP contribution in [0.3, 0.4) is 0 Å². The van der Waals surface area contributed by atoms with Crippen LogP contribution in [0, 0.1) is 21.4 Å². The second kappa shape index (κ2) is 6.16. The van der Waals surface area contributed by atoms with Crippen molar-refractivity contribution in [2.45, 2.75) is 37.5 Å². The third-order valence-electron chi connectivity index (χ3n) is 4.90. The molecule has 1 aromatic carbocycles. The van der Waals surface area contributed by atoms with Crippen LogP contribution in [0.4, 0.5) is 11.4 Å². The molecule has 0 spiro atoms. The van der Waals surface area contributed by atoms with Crippen LogP contribution in [0.25, 0.3) is 0 Å². The van der Waals surface area contributed by atoms with Gasteiger partial charge in [-0.05, 0) is 31.7 Å². The molecule has 25 heavy (non-hydrogen) atoms. The van der Waals surface area contributed by atoms with Crippen LogP contribution in [0.5, 0.6) is 0 Å². The van der Waals surface area contributed by atoms with Crippen LogP contribution in [-0.2, 0) is 0 Å². The molecule has 1 saturated carbocycles. The van der Waals surface area contributed by atoms with Gasteiger partial charge in [0.05, 0.1) is 16.2 Å². The maximum Gasteiger partial charge on any atom is 0.270 e. The van der Waals surface area contributed by atoms with E-state index in [1.807, 2.05) is 0 Å². The van der Waals surface area contributed by atoms with Crippen LogP contribution in [0.2, 0.25) is 0 Å². The van der Waals surface area contributed by atoms with Gasteiger partial charge in [0.2, 0.25) is 5.89 Å². The van der Waals surface area contributed by atoms with E-state index in [1.54, 1.807) is 6.07 Å². The average molecular weight is 339 g/mol. The molecule has 1 aliphatic carbocycles. The highest BCUT2D eigenvalue weighted by Crippen LogP contribution is 2.40. The lowest BCUT2D eigenvalue weighted by Crippen LogP contribution is -2.33. The Morgan fingerprint density at radius 1 is 1.24 bits per heavy atom. The van der Waals surface area contributed by atoms with Gasteiger partial charge in [-0.3, -0.25) is 10.1 Å². The quantitative estimate of drug-likeness (QED) is 0.621. The van der Waals surface area contributed by atoms with E-state index < -0.39 is 4.92 Å². The third-order valence-corrected chi connectivity index (χ3v) is 4.90. The number of anilines is 1. The number of hydrogen-bond donors (Lipinski definition) is 0. The normalized spacial score (nSPS) is 18.1. The molecule has 1 aliphatic heterocycles. The fourth-order valence-corrected chi connectivity index (χ4v) is 3.29. The van der Waals surface area contributed by atoms with Crippen molar-refractivity contribution in [1.29, 1.82) is 5.26 Å². The maximum absolute atomic E-state index is 10.9. The summed E-state index contributed by atoms with van der Waals surface area (Å²) in [6.45, 7) is 1.51. The Morgan fingerprint density at radius 2 is 2.00 bits per heavy atom. The number of aromatic nitrogens is 2. The molecule has 2 fully saturated rings. The van der Waals surface area contributed by atoms with Crippen molar-refractivity contribution in [3.8, 4) is 6.07 Å². The molecular formula is C17H17N5O3. The van der Waals surface area contributed by atoms with E-state index in [4.69, 9.17) is 4.52 Å². The van der Waals surface area contributed by atoms with Gasteiger partial charge in [-0.25, -0.2) is 0 Å². The molecule has 2 heterocycles. The summed E-state index contributed by atoms with van der Waals surface area (Å²) < 4.78 is 5.34. The monoisotopic (exact) mass is 339 g/mol. The van der Waals surface area contributed by atoms with E-state index in [0.717, 1.165) is 56.2 Å². The van der Waals surface area contributed by atoms with Crippen molar-refractivity contribution in [3.63, 3.8) is 0 Å². The third kappa shape index (κ3) is 3.05. The molecule has 0 N–H and O–H groups in total. The zero-order chi connectivity index (χ0) is 17.4. The highest BCUT2D eigenvalue weighted by atomic mass is 16.6. The first-order valence-corrected chi connectivity index (χ1v) is 8.42. The lowest BCUT2D eigenvalue weighted by atomic mass is 9.95. The molecule has 2 aliphatic rings. The summed E-state index contributed by atoms with van der Waals surface area (Å²) in [5.41, 5.74) is 1.02. The lowest BCUT2D eigenvalue weighted by Gasteiger charge is -2.32. The van der Waals surface area contributed by atoms with Gasteiger partial charge in [0, 0.05) is 37.1 Å². The molecule has 1 aromatic heterocycles. The SMILES string of the molecule is N#Cc1cc([N+](=O)[O-])ccc1N1CCC(c2noc(C3CC3)n2)CC1. The van der Waals surface area contributed by atoms with Gasteiger partial charge < -0.3 is 9.42 Å². The first kappa shape index (κ1) is 15.6. The Labute approximate surface area is 144 Å². The average Bonchev–Trinajstić information content (AvgIpc) is 3.38. The van der Waals surface area contributed by atoms with Crippen LogP contribution >= 0.6 is 0 Å². The summed E-state index contributed by atoms with van der Waals surface area (Å²) in [5, 5.41) is 24.3. The molecule has 0 unspecified atom stereocenters. The van der Waals surface area contributed by atoms with Crippen LogP contribution in [-0.4, -0.2) is 28.2 Å². The zero-order valence-electron chi connectivity index (χ0n) is 13.6. The number of benzene rings is 1. The number of nitriles is 1. The summed E-state index contributed by atoms with van der Waals surface area (Å²) in [5.74, 6) is 2.26. The highest BCUT2D eigenvalue weighted by Gasteiger charge is 2.32. The van der Waals surface area contributed by atoms with E-state index in [0.29, 0.717) is 11.5 Å². The van der Waals surface area contributed by atoms with E-state index >= 15 is 0 Å². The first-order valence-electron chi connectivity index (χ1n) is 8.42. The van der Waals surface area contributed by atoms with Crippen molar-refractivity contribution < 1.29 is 9.45 Å². The van der Waals surface area contributed by atoms with Crippen LogP contribution in [0.1, 0.15) is 54.8 Å². The van der Waals surface area contributed by atoms with Crippen molar-refractivity contribution in [3.05, 3.63) is 45.6 Å². The minimum absolute atomic E-state index is 0.0606. The summed E-state index contributed by atoms with van der Waals surface area (Å²) in [6.07, 6.45) is 4.01. The van der Waals surface area contributed by atoms with Gasteiger partial charge in [-0.1, -0.05) is 5.16 Å².